The Balaban J connectivity index is 1.89. The van der Waals surface area contributed by atoms with Crippen molar-refractivity contribution in [1.82, 2.24) is 5.32 Å². The van der Waals surface area contributed by atoms with Crippen LogP contribution in [0.15, 0.2) is 0 Å². The molecule has 0 aromatic carbocycles. The fourth-order valence-electron chi connectivity index (χ4n) is 4.71. The van der Waals surface area contributed by atoms with Gasteiger partial charge in [0.15, 0.2) is 0 Å². The van der Waals surface area contributed by atoms with Crippen molar-refractivity contribution in [3.63, 3.8) is 0 Å². The smallest absolute Gasteiger partial charge is 0.407 e. The third kappa shape index (κ3) is 1.58. The Bertz CT molecular complexity index is 395. The molecule has 0 radical (unpaired) electrons. The van der Waals surface area contributed by atoms with Crippen molar-refractivity contribution in [2.75, 3.05) is 7.05 Å². The number of alkyl carbamates (subject to hydrolysis) is 1. The van der Waals surface area contributed by atoms with Crippen LogP contribution < -0.4 is 5.32 Å². The Kier molecular flexibility index (Phi) is 2.34. The van der Waals surface area contributed by atoms with Crippen LogP contribution in [-0.4, -0.2) is 29.2 Å². The highest BCUT2D eigenvalue weighted by Gasteiger charge is 2.65. The summed E-state index contributed by atoms with van der Waals surface area (Å²) in [7, 11) is 1.52. The number of rotatable bonds is 2. The van der Waals surface area contributed by atoms with E-state index in [9.17, 15) is 14.9 Å². The van der Waals surface area contributed by atoms with Gasteiger partial charge in [-0.25, -0.2) is 4.79 Å². The van der Waals surface area contributed by atoms with Gasteiger partial charge in [-0.15, -0.1) is 0 Å². The van der Waals surface area contributed by atoms with Crippen molar-refractivity contribution in [3.8, 4) is 0 Å². The summed E-state index contributed by atoms with van der Waals surface area (Å²) in [6.45, 7) is 0. The lowest BCUT2D eigenvalue weighted by atomic mass is 9.51. The number of amides is 1. The minimum atomic E-state index is -0.835. The predicted molar refractivity (Wildman–Crippen MR) is 62.7 cm³/mol. The molecular formula is C12H18N2O4. The molecule has 1 N–H and O–H groups in total. The molecule has 4 aliphatic carbocycles. The van der Waals surface area contributed by atoms with Crippen LogP contribution in [0.5, 0.6) is 0 Å². The molecule has 4 aliphatic rings. The van der Waals surface area contributed by atoms with Crippen LogP contribution in [0.4, 0.5) is 4.79 Å². The first-order valence-electron chi connectivity index (χ1n) is 6.52. The molecule has 4 fully saturated rings. The van der Waals surface area contributed by atoms with Gasteiger partial charge in [-0.1, -0.05) is 0 Å². The lowest BCUT2D eigenvalue weighted by Crippen LogP contribution is -2.63. The van der Waals surface area contributed by atoms with Gasteiger partial charge in [-0.2, -0.15) is 0 Å². The van der Waals surface area contributed by atoms with Crippen LogP contribution in [0.2, 0.25) is 0 Å². The van der Waals surface area contributed by atoms with Crippen molar-refractivity contribution in [2.24, 2.45) is 11.8 Å². The van der Waals surface area contributed by atoms with Crippen LogP contribution in [0, 0.1) is 22.0 Å². The van der Waals surface area contributed by atoms with Gasteiger partial charge in [0, 0.05) is 24.8 Å². The molecular weight excluding hydrogens is 236 g/mol. The van der Waals surface area contributed by atoms with Crippen molar-refractivity contribution in [2.45, 2.75) is 49.7 Å². The van der Waals surface area contributed by atoms with E-state index in [-0.39, 0.29) is 4.92 Å². The number of nitrogens with one attached hydrogen (secondary N) is 1. The lowest BCUT2D eigenvalue weighted by molar-refractivity contribution is -0.592. The zero-order valence-corrected chi connectivity index (χ0v) is 10.5. The first kappa shape index (κ1) is 11.7. The third-order valence-corrected chi connectivity index (χ3v) is 4.88. The summed E-state index contributed by atoms with van der Waals surface area (Å²) in [6, 6.07) is 0. The maximum Gasteiger partial charge on any atom is 0.407 e. The van der Waals surface area contributed by atoms with E-state index in [1.54, 1.807) is 0 Å². The molecule has 0 saturated heterocycles. The van der Waals surface area contributed by atoms with Gasteiger partial charge >= 0.3 is 6.09 Å². The quantitative estimate of drug-likeness (QED) is 0.600. The van der Waals surface area contributed by atoms with Gasteiger partial charge in [0.2, 0.25) is 5.54 Å². The summed E-state index contributed by atoms with van der Waals surface area (Å²) >= 11 is 0. The second-order valence-corrected chi connectivity index (χ2v) is 6.27. The molecule has 4 bridgehead atoms. The van der Waals surface area contributed by atoms with E-state index in [2.05, 4.69) is 5.32 Å². The zero-order valence-electron chi connectivity index (χ0n) is 10.5. The average Bonchev–Trinajstić information content (AvgIpc) is 2.26. The second kappa shape index (κ2) is 3.59. The summed E-state index contributed by atoms with van der Waals surface area (Å²) in [5.74, 6) is 0.697. The van der Waals surface area contributed by atoms with Crippen LogP contribution in [-0.2, 0) is 4.74 Å². The highest BCUT2D eigenvalue weighted by atomic mass is 16.6. The minimum absolute atomic E-state index is 0.119. The Labute approximate surface area is 105 Å². The summed E-state index contributed by atoms with van der Waals surface area (Å²) in [5.41, 5.74) is -1.42. The van der Waals surface area contributed by atoms with E-state index in [0.717, 1.165) is 19.3 Å². The largest absolute Gasteiger partial charge is 0.443 e. The van der Waals surface area contributed by atoms with E-state index < -0.39 is 17.2 Å². The Morgan fingerprint density at radius 3 is 2.44 bits per heavy atom. The number of nitro groups is 1. The maximum absolute atomic E-state index is 11.5. The number of carbonyl (C=O) groups excluding carboxylic acids is 1. The Morgan fingerprint density at radius 1 is 1.33 bits per heavy atom. The topological polar surface area (TPSA) is 81.5 Å². The van der Waals surface area contributed by atoms with Gasteiger partial charge < -0.3 is 10.1 Å². The lowest BCUT2D eigenvalue weighted by Gasteiger charge is -2.56. The molecule has 18 heavy (non-hydrogen) atoms. The molecule has 0 spiro atoms. The molecule has 2 unspecified atom stereocenters. The Hall–Kier alpha value is -1.33. The highest BCUT2D eigenvalue weighted by molar-refractivity contribution is 5.67. The fraction of sp³-hybridized carbons (Fsp3) is 0.917. The third-order valence-electron chi connectivity index (χ3n) is 4.88. The number of nitrogens with zero attached hydrogens (tertiary/aromatic N) is 1. The summed E-state index contributed by atoms with van der Waals surface area (Å²) < 4.78 is 5.52. The second-order valence-electron chi connectivity index (χ2n) is 6.27. The maximum atomic E-state index is 11.5. The minimum Gasteiger partial charge on any atom is -0.443 e. The molecule has 2 atom stereocenters. The molecule has 0 aliphatic heterocycles. The van der Waals surface area contributed by atoms with Crippen LogP contribution >= 0.6 is 0 Å². The standard InChI is InChI=1S/C12H18N2O4/c1-13-10(15)18-12-5-8-2-9(6-12)4-11(3-8,7-12)14(16)17/h8-9H,2-7H2,1H3,(H,13,15). The number of ether oxygens (including phenoxy) is 1. The van der Waals surface area contributed by atoms with Gasteiger partial charge in [0.05, 0.1) is 6.42 Å². The van der Waals surface area contributed by atoms with Crippen molar-refractivity contribution in [1.29, 1.82) is 0 Å². The summed E-state index contributed by atoms with van der Waals surface area (Å²) in [5, 5.41) is 13.9. The first-order chi connectivity index (χ1) is 8.47. The molecule has 0 aromatic heterocycles. The summed E-state index contributed by atoms with van der Waals surface area (Å²) in [6.07, 6.45) is 3.92. The zero-order chi connectivity index (χ0) is 13.0. The Morgan fingerprint density at radius 2 is 1.94 bits per heavy atom. The van der Waals surface area contributed by atoms with E-state index in [0.29, 0.717) is 31.1 Å². The predicted octanol–water partition coefficient (Wildman–Crippen LogP) is 1.71. The van der Waals surface area contributed by atoms with Gasteiger partial charge in [-0.05, 0) is 31.1 Å². The van der Waals surface area contributed by atoms with Crippen LogP contribution in [0.1, 0.15) is 38.5 Å². The number of carbonyl (C=O) groups is 1. The van der Waals surface area contributed by atoms with Crippen molar-refractivity contribution in [3.05, 3.63) is 10.1 Å². The number of hydrogen-bond acceptors (Lipinski definition) is 4. The van der Waals surface area contributed by atoms with Gasteiger partial charge in [-0.3, -0.25) is 10.1 Å². The SMILES string of the molecule is CNC(=O)OC12CC3CC(C1)CC([N+](=O)[O-])(C3)C2. The van der Waals surface area contributed by atoms with Crippen LogP contribution in [0.3, 0.4) is 0 Å². The highest BCUT2D eigenvalue weighted by Crippen LogP contribution is 2.59. The molecule has 4 rings (SSSR count). The van der Waals surface area contributed by atoms with E-state index in [4.69, 9.17) is 4.74 Å². The average molecular weight is 254 g/mol. The fourth-order valence-corrected chi connectivity index (χ4v) is 4.71. The molecule has 1 amide bonds. The van der Waals surface area contributed by atoms with Gasteiger partial charge in [0.1, 0.15) is 5.60 Å². The van der Waals surface area contributed by atoms with Crippen molar-refractivity contribution >= 4 is 6.09 Å². The molecule has 4 saturated carbocycles. The first-order valence-corrected chi connectivity index (χ1v) is 6.52. The molecule has 0 aromatic rings. The van der Waals surface area contributed by atoms with Crippen LogP contribution in [0.25, 0.3) is 0 Å². The molecule has 0 heterocycles. The van der Waals surface area contributed by atoms with Crippen molar-refractivity contribution < 1.29 is 14.5 Å². The molecule has 6 nitrogen and oxygen atoms in total. The normalized spacial score (nSPS) is 44.7. The number of hydrogen-bond donors (Lipinski definition) is 1. The monoisotopic (exact) mass is 254 g/mol. The van der Waals surface area contributed by atoms with E-state index >= 15 is 0 Å². The summed E-state index contributed by atoms with van der Waals surface area (Å²) in [4.78, 5) is 22.7. The van der Waals surface area contributed by atoms with Gasteiger partial charge in [0.25, 0.3) is 0 Å². The van der Waals surface area contributed by atoms with E-state index in [1.165, 1.54) is 7.05 Å². The van der Waals surface area contributed by atoms with E-state index in [1.807, 2.05) is 0 Å². The molecule has 100 valence electrons. The molecule has 6 heteroatoms.